The maximum Gasteiger partial charge on any atom is 0.253 e. The van der Waals surface area contributed by atoms with Crippen LogP contribution in [-0.2, 0) is 4.79 Å². The Balaban J connectivity index is 1.82. The minimum Gasteiger partial charge on any atom is -0.465 e. The summed E-state index contributed by atoms with van der Waals surface area (Å²) in [6.07, 6.45) is 6.37. The summed E-state index contributed by atoms with van der Waals surface area (Å²) in [7, 11) is 0. The molecule has 0 bridgehead atoms. The average molecular weight is 336 g/mol. The van der Waals surface area contributed by atoms with E-state index in [4.69, 9.17) is 4.42 Å². The number of aromatic nitrogens is 1. The smallest absolute Gasteiger partial charge is 0.253 e. The maximum atomic E-state index is 12.5. The molecule has 120 valence electrons. The van der Waals surface area contributed by atoms with Gasteiger partial charge in [-0.25, -0.2) is 4.98 Å². The van der Waals surface area contributed by atoms with Crippen LogP contribution in [-0.4, -0.2) is 17.4 Å². The maximum absolute atomic E-state index is 12.5. The summed E-state index contributed by atoms with van der Waals surface area (Å²) in [5, 5.41) is 2.59. The van der Waals surface area contributed by atoms with E-state index in [1.165, 1.54) is 17.4 Å². The van der Waals surface area contributed by atoms with Crippen LogP contribution in [0.15, 0.2) is 77.3 Å². The Morgan fingerprint density at radius 2 is 2.08 bits per heavy atom. The highest BCUT2D eigenvalue weighted by Crippen LogP contribution is 2.27. The molecule has 0 fully saturated rings. The zero-order valence-electron chi connectivity index (χ0n) is 13.0. The summed E-state index contributed by atoms with van der Waals surface area (Å²) in [6.45, 7) is 4.12. The van der Waals surface area contributed by atoms with E-state index in [9.17, 15) is 4.79 Å². The van der Waals surface area contributed by atoms with Gasteiger partial charge in [0.2, 0.25) is 0 Å². The number of hydrogen-bond donors (Lipinski definition) is 0. The number of nitrogens with zero attached hydrogens (tertiary/aromatic N) is 2. The molecule has 3 rings (SSSR count). The number of benzene rings is 1. The van der Waals surface area contributed by atoms with Gasteiger partial charge < -0.3 is 4.42 Å². The van der Waals surface area contributed by atoms with Crippen LogP contribution in [0.4, 0.5) is 5.13 Å². The number of rotatable bonds is 6. The first-order valence-corrected chi connectivity index (χ1v) is 8.31. The summed E-state index contributed by atoms with van der Waals surface area (Å²) in [4.78, 5) is 18.7. The highest BCUT2D eigenvalue weighted by Gasteiger charge is 2.16. The second kappa shape index (κ2) is 7.57. The Bertz CT molecular complexity index is 835. The molecule has 0 unspecified atom stereocenters. The first-order valence-electron chi connectivity index (χ1n) is 7.43. The van der Waals surface area contributed by atoms with Crippen molar-refractivity contribution in [2.45, 2.75) is 0 Å². The van der Waals surface area contributed by atoms with E-state index in [1.54, 1.807) is 35.4 Å². The highest BCUT2D eigenvalue weighted by atomic mass is 32.1. The summed E-state index contributed by atoms with van der Waals surface area (Å²) in [6, 6.07) is 13.5. The van der Waals surface area contributed by atoms with Crippen molar-refractivity contribution in [2.24, 2.45) is 0 Å². The molecule has 0 aliphatic heterocycles. The number of hydrogen-bond acceptors (Lipinski definition) is 4. The van der Waals surface area contributed by atoms with Gasteiger partial charge in [0.1, 0.15) is 5.76 Å². The molecule has 1 amide bonds. The van der Waals surface area contributed by atoms with Crippen LogP contribution in [0.25, 0.3) is 17.3 Å². The van der Waals surface area contributed by atoms with E-state index in [0.717, 1.165) is 11.3 Å². The first-order chi connectivity index (χ1) is 11.8. The Kier molecular flexibility index (Phi) is 5.03. The number of amides is 1. The van der Waals surface area contributed by atoms with Gasteiger partial charge in [-0.05, 0) is 18.2 Å². The van der Waals surface area contributed by atoms with Crippen molar-refractivity contribution >= 4 is 28.5 Å². The van der Waals surface area contributed by atoms with Crippen molar-refractivity contribution in [2.75, 3.05) is 11.4 Å². The third-order valence-corrected chi connectivity index (χ3v) is 4.17. The van der Waals surface area contributed by atoms with E-state index < -0.39 is 0 Å². The van der Waals surface area contributed by atoms with Crippen LogP contribution in [0.2, 0.25) is 0 Å². The highest BCUT2D eigenvalue weighted by molar-refractivity contribution is 7.14. The number of furan rings is 1. The zero-order valence-corrected chi connectivity index (χ0v) is 13.8. The minimum absolute atomic E-state index is 0.166. The molecule has 0 aliphatic carbocycles. The standard InChI is InChI=1S/C19H16N2O2S/c1-2-12-21(18(22)11-10-16-9-6-13-23-16)19-20-17(14-24-19)15-7-4-3-5-8-15/h2-11,13-14H,1,12H2/b11-10+. The predicted octanol–water partition coefficient (Wildman–Crippen LogP) is 4.64. The molecule has 0 radical (unpaired) electrons. The van der Waals surface area contributed by atoms with Crippen LogP contribution < -0.4 is 4.90 Å². The molecule has 5 heteroatoms. The van der Waals surface area contributed by atoms with Gasteiger partial charge in [0.05, 0.1) is 12.0 Å². The normalized spacial score (nSPS) is 10.8. The first kappa shape index (κ1) is 16.0. The molecule has 1 aromatic carbocycles. The number of carbonyl (C=O) groups excluding carboxylic acids is 1. The summed E-state index contributed by atoms with van der Waals surface area (Å²) in [5.41, 5.74) is 1.88. The molecular formula is C19H16N2O2S. The lowest BCUT2D eigenvalue weighted by molar-refractivity contribution is -0.114. The largest absolute Gasteiger partial charge is 0.465 e. The molecule has 4 nitrogen and oxygen atoms in total. The Morgan fingerprint density at radius 3 is 2.79 bits per heavy atom. The molecule has 2 heterocycles. The zero-order chi connectivity index (χ0) is 16.8. The Labute approximate surface area is 144 Å². The van der Waals surface area contributed by atoms with Gasteiger partial charge in [0.15, 0.2) is 5.13 Å². The average Bonchev–Trinajstić information content (AvgIpc) is 3.30. The lowest BCUT2D eigenvalue weighted by Crippen LogP contribution is -2.29. The number of carbonyl (C=O) groups is 1. The molecule has 0 saturated heterocycles. The lowest BCUT2D eigenvalue weighted by Gasteiger charge is -2.15. The molecule has 0 saturated carbocycles. The van der Waals surface area contributed by atoms with Gasteiger partial charge in [-0.2, -0.15) is 0 Å². The van der Waals surface area contributed by atoms with Crippen molar-refractivity contribution in [3.05, 3.63) is 78.6 Å². The van der Waals surface area contributed by atoms with Gasteiger partial charge >= 0.3 is 0 Å². The Hall–Kier alpha value is -2.92. The van der Waals surface area contributed by atoms with Crippen molar-refractivity contribution < 1.29 is 9.21 Å². The lowest BCUT2D eigenvalue weighted by atomic mass is 10.2. The van der Waals surface area contributed by atoms with Crippen molar-refractivity contribution in [3.63, 3.8) is 0 Å². The van der Waals surface area contributed by atoms with E-state index in [0.29, 0.717) is 17.4 Å². The van der Waals surface area contributed by atoms with Crippen molar-refractivity contribution in [1.82, 2.24) is 4.98 Å². The van der Waals surface area contributed by atoms with Gasteiger partial charge in [0, 0.05) is 23.6 Å². The molecule has 24 heavy (non-hydrogen) atoms. The number of thiazole rings is 1. The van der Waals surface area contributed by atoms with Crippen molar-refractivity contribution in [1.29, 1.82) is 0 Å². The van der Waals surface area contributed by atoms with Gasteiger partial charge in [0.25, 0.3) is 5.91 Å². The molecule has 0 spiro atoms. The molecule has 0 atom stereocenters. The minimum atomic E-state index is -0.166. The summed E-state index contributed by atoms with van der Waals surface area (Å²) >= 11 is 1.43. The third kappa shape index (κ3) is 3.70. The summed E-state index contributed by atoms with van der Waals surface area (Å²) in [5.74, 6) is 0.464. The fourth-order valence-electron chi connectivity index (χ4n) is 2.15. The topological polar surface area (TPSA) is 46.3 Å². The van der Waals surface area contributed by atoms with Crippen LogP contribution in [0, 0.1) is 0 Å². The molecule has 0 N–H and O–H groups in total. The van der Waals surface area contributed by atoms with Crippen molar-refractivity contribution in [3.8, 4) is 11.3 Å². The quantitative estimate of drug-likeness (QED) is 0.487. The van der Waals surface area contributed by atoms with Crippen LogP contribution in [0.3, 0.4) is 0 Å². The number of anilines is 1. The fourth-order valence-corrected chi connectivity index (χ4v) is 3.00. The second-order valence-corrected chi connectivity index (χ2v) is 5.80. The fraction of sp³-hybridized carbons (Fsp3) is 0.0526. The summed E-state index contributed by atoms with van der Waals surface area (Å²) < 4.78 is 5.20. The Morgan fingerprint density at radius 1 is 1.25 bits per heavy atom. The molecule has 2 aromatic heterocycles. The van der Waals surface area contributed by atoms with E-state index in [-0.39, 0.29) is 5.91 Å². The monoisotopic (exact) mass is 336 g/mol. The van der Waals surface area contributed by atoms with Gasteiger partial charge in [-0.3, -0.25) is 9.69 Å². The van der Waals surface area contributed by atoms with E-state index in [1.807, 2.05) is 35.7 Å². The van der Waals surface area contributed by atoms with Crippen LogP contribution >= 0.6 is 11.3 Å². The van der Waals surface area contributed by atoms with Crippen LogP contribution in [0.1, 0.15) is 5.76 Å². The van der Waals surface area contributed by atoms with Crippen LogP contribution in [0.5, 0.6) is 0 Å². The van der Waals surface area contributed by atoms with Gasteiger partial charge in [-0.15, -0.1) is 17.9 Å². The third-order valence-electron chi connectivity index (χ3n) is 3.30. The van der Waals surface area contributed by atoms with E-state index in [2.05, 4.69) is 11.6 Å². The van der Waals surface area contributed by atoms with Gasteiger partial charge in [-0.1, -0.05) is 36.4 Å². The molecular weight excluding hydrogens is 320 g/mol. The SMILES string of the molecule is C=CCN(C(=O)/C=C/c1ccco1)c1nc(-c2ccccc2)cs1. The second-order valence-electron chi connectivity index (χ2n) is 4.97. The molecule has 3 aromatic rings. The molecule has 0 aliphatic rings. The predicted molar refractivity (Wildman–Crippen MR) is 97.8 cm³/mol. The van der Waals surface area contributed by atoms with E-state index >= 15 is 0 Å².